The standard InChI is InChI=1S/C10H20N2O2/c1-8(2)3-4-11-10(13)5-12-9-6-14-7-9/h8-9,12H,3-7H2,1-2H3,(H,11,13). The highest BCUT2D eigenvalue weighted by Crippen LogP contribution is 1.98. The van der Waals surface area contributed by atoms with Gasteiger partial charge in [0.25, 0.3) is 0 Å². The number of rotatable bonds is 6. The summed E-state index contributed by atoms with van der Waals surface area (Å²) in [4.78, 5) is 11.3. The number of nitrogens with one attached hydrogen (secondary N) is 2. The lowest BCUT2D eigenvalue weighted by atomic mass is 10.1. The molecule has 0 spiro atoms. The average molecular weight is 200 g/mol. The largest absolute Gasteiger partial charge is 0.378 e. The number of carbonyl (C=O) groups excluding carboxylic acids is 1. The fourth-order valence-electron chi connectivity index (χ4n) is 1.15. The molecule has 2 N–H and O–H groups in total. The molecule has 0 aromatic heterocycles. The van der Waals surface area contributed by atoms with Gasteiger partial charge in [0, 0.05) is 6.54 Å². The van der Waals surface area contributed by atoms with Gasteiger partial charge in [-0.1, -0.05) is 13.8 Å². The topological polar surface area (TPSA) is 50.4 Å². The highest BCUT2D eigenvalue weighted by Gasteiger charge is 2.17. The molecule has 0 atom stereocenters. The van der Waals surface area contributed by atoms with Crippen molar-refractivity contribution in [1.29, 1.82) is 0 Å². The molecule has 0 bridgehead atoms. The van der Waals surface area contributed by atoms with E-state index in [9.17, 15) is 4.79 Å². The van der Waals surface area contributed by atoms with Crippen LogP contribution in [0.25, 0.3) is 0 Å². The monoisotopic (exact) mass is 200 g/mol. The quantitative estimate of drug-likeness (QED) is 0.641. The summed E-state index contributed by atoms with van der Waals surface area (Å²) in [5.74, 6) is 0.723. The van der Waals surface area contributed by atoms with Gasteiger partial charge in [0.15, 0.2) is 0 Å². The summed E-state index contributed by atoms with van der Waals surface area (Å²) in [6.07, 6.45) is 1.04. The van der Waals surface area contributed by atoms with Gasteiger partial charge in [0.2, 0.25) is 5.91 Å². The molecule has 1 rings (SSSR count). The van der Waals surface area contributed by atoms with Crippen molar-refractivity contribution in [3.8, 4) is 0 Å². The van der Waals surface area contributed by atoms with Crippen molar-refractivity contribution in [2.75, 3.05) is 26.3 Å². The fourth-order valence-corrected chi connectivity index (χ4v) is 1.15. The third-order valence-electron chi connectivity index (χ3n) is 2.23. The molecule has 0 saturated carbocycles. The predicted molar refractivity (Wildman–Crippen MR) is 55.1 cm³/mol. The van der Waals surface area contributed by atoms with Gasteiger partial charge in [-0.05, 0) is 12.3 Å². The molecule has 1 fully saturated rings. The van der Waals surface area contributed by atoms with Crippen LogP contribution in [0.1, 0.15) is 20.3 Å². The molecule has 1 heterocycles. The molecule has 14 heavy (non-hydrogen) atoms. The van der Waals surface area contributed by atoms with Gasteiger partial charge < -0.3 is 15.4 Å². The van der Waals surface area contributed by atoms with E-state index in [0.29, 0.717) is 18.5 Å². The summed E-state index contributed by atoms with van der Waals surface area (Å²) in [5.41, 5.74) is 0. The van der Waals surface area contributed by atoms with Gasteiger partial charge in [-0.15, -0.1) is 0 Å². The maximum atomic E-state index is 11.3. The van der Waals surface area contributed by atoms with Crippen LogP contribution in [0.2, 0.25) is 0 Å². The molecule has 0 aromatic carbocycles. The normalized spacial score (nSPS) is 16.8. The van der Waals surface area contributed by atoms with Gasteiger partial charge in [-0.25, -0.2) is 0 Å². The van der Waals surface area contributed by atoms with Crippen molar-refractivity contribution in [3.63, 3.8) is 0 Å². The zero-order chi connectivity index (χ0) is 10.4. The van der Waals surface area contributed by atoms with Crippen LogP contribution in [0, 0.1) is 5.92 Å². The van der Waals surface area contributed by atoms with Crippen molar-refractivity contribution in [1.82, 2.24) is 10.6 Å². The summed E-state index contributed by atoms with van der Waals surface area (Å²) in [6, 6.07) is 0.380. The first-order valence-electron chi connectivity index (χ1n) is 5.26. The Bertz CT molecular complexity index is 179. The van der Waals surface area contributed by atoms with Crippen LogP contribution in [0.4, 0.5) is 0 Å². The van der Waals surface area contributed by atoms with E-state index in [1.165, 1.54) is 0 Å². The van der Waals surface area contributed by atoms with E-state index in [0.717, 1.165) is 26.2 Å². The maximum absolute atomic E-state index is 11.3. The third kappa shape index (κ3) is 4.58. The van der Waals surface area contributed by atoms with Crippen molar-refractivity contribution in [2.24, 2.45) is 5.92 Å². The highest BCUT2D eigenvalue weighted by molar-refractivity contribution is 5.77. The zero-order valence-corrected chi connectivity index (χ0v) is 9.01. The van der Waals surface area contributed by atoms with E-state index < -0.39 is 0 Å². The molecule has 1 amide bonds. The Hall–Kier alpha value is -0.610. The lowest BCUT2D eigenvalue weighted by molar-refractivity contribution is -0.121. The first-order chi connectivity index (χ1) is 6.68. The molecule has 1 aliphatic heterocycles. The highest BCUT2D eigenvalue weighted by atomic mass is 16.5. The first kappa shape index (κ1) is 11.5. The fraction of sp³-hybridized carbons (Fsp3) is 0.900. The van der Waals surface area contributed by atoms with Gasteiger partial charge in [0.05, 0.1) is 25.8 Å². The van der Waals surface area contributed by atoms with Crippen LogP contribution in [0.15, 0.2) is 0 Å². The SMILES string of the molecule is CC(C)CCNC(=O)CNC1COC1. The average Bonchev–Trinajstić information content (AvgIpc) is 2.00. The number of ether oxygens (including phenoxy) is 1. The lowest BCUT2D eigenvalue weighted by Gasteiger charge is -2.26. The molecule has 4 heteroatoms. The molecular weight excluding hydrogens is 180 g/mol. The molecule has 1 aliphatic rings. The zero-order valence-electron chi connectivity index (χ0n) is 9.01. The second kappa shape index (κ2) is 5.98. The summed E-state index contributed by atoms with van der Waals surface area (Å²) < 4.78 is 4.99. The van der Waals surface area contributed by atoms with E-state index in [-0.39, 0.29) is 5.91 Å². The lowest BCUT2D eigenvalue weighted by Crippen LogP contribution is -2.49. The van der Waals surface area contributed by atoms with Crippen LogP contribution in [-0.2, 0) is 9.53 Å². The molecule has 82 valence electrons. The Balaban J connectivity index is 1.92. The second-order valence-electron chi connectivity index (χ2n) is 4.15. The van der Waals surface area contributed by atoms with E-state index >= 15 is 0 Å². The van der Waals surface area contributed by atoms with Crippen molar-refractivity contribution in [3.05, 3.63) is 0 Å². The Labute approximate surface area is 85.4 Å². The van der Waals surface area contributed by atoms with Crippen LogP contribution in [0.3, 0.4) is 0 Å². The summed E-state index contributed by atoms with van der Waals surface area (Å²) in [7, 11) is 0. The maximum Gasteiger partial charge on any atom is 0.233 e. The second-order valence-corrected chi connectivity index (χ2v) is 4.15. The van der Waals surface area contributed by atoms with Gasteiger partial charge in [-0.3, -0.25) is 4.79 Å². The van der Waals surface area contributed by atoms with E-state index in [4.69, 9.17) is 4.74 Å². The Kier molecular flexibility index (Phi) is 4.90. The van der Waals surface area contributed by atoms with Crippen molar-refractivity contribution >= 4 is 5.91 Å². The van der Waals surface area contributed by atoms with Gasteiger partial charge in [-0.2, -0.15) is 0 Å². The molecule has 4 nitrogen and oxygen atoms in total. The minimum Gasteiger partial charge on any atom is -0.378 e. The number of hydrogen-bond donors (Lipinski definition) is 2. The number of hydrogen-bond acceptors (Lipinski definition) is 3. The minimum atomic E-state index is 0.0811. The smallest absolute Gasteiger partial charge is 0.233 e. The predicted octanol–water partition coefficient (Wildman–Crippen LogP) is 0.137. The molecule has 0 unspecified atom stereocenters. The molecule has 0 aliphatic carbocycles. The van der Waals surface area contributed by atoms with Crippen molar-refractivity contribution in [2.45, 2.75) is 26.3 Å². The number of amides is 1. The molecule has 0 aromatic rings. The summed E-state index contributed by atoms with van der Waals surface area (Å²) in [5, 5.41) is 6.00. The van der Waals surface area contributed by atoms with Crippen LogP contribution < -0.4 is 10.6 Å². The summed E-state index contributed by atoms with van der Waals surface area (Å²) >= 11 is 0. The van der Waals surface area contributed by atoms with E-state index in [1.807, 2.05) is 0 Å². The van der Waals surface area contributed by atoms with E-state index in [1.54, 1.807) is 0 Å². The summed E-state index contributed by atoms with van der Waals surface area (Å²) in [6.45, 7) is 6.95. The Morgan fingerprint density at radius 3 is 2.71 bits per heavy atom. The molecule has 1 saturated heterocycles. The van der Waals surface area contributed by atoms with Crippen LogP contribution >= 0.6 is 0 Å². The van der Waals surface area contributed by atoms with Gasteiger partial charge in [0.1, 0.15) is 0 Å². The van der Waals surface area contributed by atoms with Crippen LogP contribution in [0.5, 0.6) is 0 Å². The van der Waals surface area contributed by atoms with E-state index in [2.05, 4.69) is 24.5 Å². The molecule has 0 radical (unpaired) electrons. The minimum absolute atomic E-state index is 0.0811. The third-order valence-corrected chi connectivity index (χ3v) is 2.23. The van der Waals surface area contributed by atoms with Gasteiger partial charge >= 0.3 is 0 Å². The van der Waals surface area contributed by atoms with Crippen molar-refractivity contribution < 1.29 is 9.53 Å². The van der Waals surface area contributed by atoms with Crippen LogP contribution in [-0.4, -0.2) is 38.3 Å². The first-order valence-corrected chi connectivity index (χ1v) is 5.26. The molecular formula is C10H20N2O2. The Morgan fingerprint density at radius 1 is 1.50 bits per heavy atom. The number of carbonyl (C=O) groups is 1. The Morgan fingerprint density at radius 2 is 2.21 bits per heavy atom.